The quantitative estimate of drug-likeness (QED) is 0.465. The molecule has 4 unspecified atom stereocenters. The average Bonchev–Trinajstić information content (AvgIpc) is 2.24. The van der Waals surface area contributed by atoms with E-state index in [0.717, 1.165) is 23.7 Å². The van der Waals surface area contributed by atoms with Crippen molar-refractivity contribution >= 4 is 0 Å². The van der Waals surface area contributed by atoms with Crippen LogP contribution in [0.4, 0.5) is 0 Å². The van der Waals surface area contributed by atoms with Gasteiger partial charge in [-0.2, -0.15) is 0 Å². The van der Waals surface area contributed by atoms with Crippen LogP contribution in [0.15, 0.2) is 12.2 Å². The Kier molecular flexibility index (Phi) is 7.80. The van der Waals surface area contributed by atoms with Crippen molar-refractivity contribution in [3.63, 3.8) is 0 Å². The Bertz CT molecular complexity index is 192. The molecule has 0 aromatic heterocycles. The Morgan fingerprint density at radius 2 is 1.44 bits per heavy atom. The van der Waals surface area contributed by atoms with E-state index in [0.29, 0.717) is 0 Å². The Balaban J connectivity index is 3.94. The van der Waals surface area contributed by atoms with Gasteiger partial charge in [0.1, 0.15) is 0 Å². The van der Waals surface area contributed by atoms with Crippen LogP contribution in [0.3, 0.4) is 0 Å². The van der Waals surface area contributed by atoms with Crippen LogP contribution in [0.1, 0.15) is 67.2 Å². The van der Waals surface area contributed by atoms with E-state index in [1.165, 1.54) is 31.3 Å². The lowest BCUT2D eigenvalue weighted by Gasteiger charge is -2.26. The Hall–Kier alpha value is -0.260. The van der Waals surface area contributed by atoms with E-state index < -0.39 is 0 Å². The molecule has 0 aliphatic rings. The molecule has 0 heteroatoms. The van der Waals surface area contributed by atoms with Crippen LogP contribution < -0.4 is 0 Å². The van der Waals surface area contributed by atoms with E-state index in [4.69, 9.17) is 0 Å². The molecular formula is C16H32. The monoisotopic (exact) mass is 224 g/mol. The zero-order chi connectivity index (χ0) is 12.7. The van der Waals surface area contributed by atoms with Crippen LogP contribution in [-0.4, -0.2) is 0 Å². The number of rotatable bonds is 8. The van der Waals surface area contributed by atoms with Gasteiger partial charge >= 0.3 is 0 Å². The lowest BCUT2D eigenvalue weighted by molar-refractivity contribution is 0.251. The second kappa shape index (κ2) is 7.92. The molecule has 0 bridgehead atoms. The summed E-state index contributed by atoms with van der Waals surface area (Å²) in [5.41, 5.74) is 1.33. The summed E-state index contributed by atoms with van der Waals surface area (Å²) < 4.78 is 0. The number of hydrogen-bond donors (Lipinski definition) is 0. The van der Waals surface area contributed by atoms with Gasteiger partial charge in [0.2, 0.25) is 0 Å². The van der Waals surface area contributed by atoms with Crippen molar-refractivity contribution in [1.82, 2.24) is 0 Å². The van der Waals surface area contributed by atoms with Crippen LogP contribution in [0.2, 0.25) is 0 Å². The fourth-order valence-electron chi connectivity index (χ4n) is 2.21. The van der Waals surface area contributed by atoms with E-state index in [1.54, 1.807) is 0 Å². The van der Waals surface area contributed by atoms with Crippen molar-refractivity contribution in [2.75, 3.05) is 0 Å². The summed E-state index contributed by atoms with van der Waals surface area (Å²) in [6.07, 6.45) is 5.20. The first-order valence-electron chi connectivity index (χ1n) is 7.02. The number of hydrogen-bond acceptors (Lipinski definition) is 0. The predicted octanol–water partition coefficient (Wildman–Crippen LogP) is 5.69. The normalized spacial score (nSPS) is 18.9. The van der Waals surface area contributed by atoms with Gasteiger partial charge < -0.3 is 0 Å². The molecule has 0 nitrogen and oxygen atoms in total. The summed E-state index contributed by atoms with van der Waals surface area (Å²) in [5.74, 6) is 3.43. The van der Waals surface area contributed by atoms with Crippen molar-refractivity contribution in [2.45, 2.75) is 67.2 Å². The highest BCUT2D eigenvalue weighted by Gasteiger charge is 2.18. The topological polar surface area (TPSA) is 0 Å². The highest BCUT2D eigenvalue weighted by molar-refractivity contribution is 4.88. The van der Waals surface area contributed by atoms with Gasteiger partial charge in [0.25, 0.3) is 0 Å². The minimum atomic E-state index is 0.836. The maximum absolute atomic E-state index is 3.99. The molecule has 0 aromatic carbocycles. The fourth-order valence-corrected chi connectivity index (χ4v) is 2.21. The van der Waals surface area contributed by atoms with Crippen molar-refractivity contribution in [2.24, 2.45) is 23.7 Å². The Morgan fingerprint density at radius 3 is 1.88 bits per heavy atom. The first kappa shape index (κ1) is 15.7. The number of allylic oxidation sites excluding steroid dienone is 1. The van der Waals surface area contributed by atoms with E-state index in [-0.39, 0.29) is 0 Å². The molecule has 0 aliphatic heterocycles. The van der Waals surface area contributed by atoms with Crippen LogP contribution in [-0.2, 0) is 0 Å². The minimum Gasteiger partial charge on any atom is -0.100 e. The lowest BCUT2D eigenvalue weighted by Crippen LogP contribution is -2.16. The lowest BCUT2D eigenvalue weighted by atomic mass is 9.80. The van der Waals surface area contributed by atoms with Gasteiger partial charge in [-0.25, -0.2) is 0 Å². The van der Waals surface area contributed by atoms with E-state index >= 15 is 0 Å². The summed E-state index contributed by atoms with van der Waals surface area (Å²) in [6.45, 7) is 18.0. The second-order valence-corrected chi connectivity index (χ2v) is 6.05. The summed E-state index contributed by atoms with van der Waals surface area (Å²) in [7, 11) is 0. The molecule has 0 rings (SSSR count). The molecule has 4 atom stereocenters. The molecule has 0 saturated heterocycles. The van der Waals surface area contributed by atoms with Crippen molar-refractivity contribution in [3.05, 3.63) is 12.2 Å². The molecule has 0 saturated carbocycles. The minimum absolute atomic E-state index is 0.836. The van der Waals surface area contributed by atoms with Crippen LogP contribution in [0.5, 0.6) is 0 Å². The predicted molar refractivity (Wildman–Crippen MR) is 75.6 cm³/mol. The molecule has 0 radical (unpaired) electrons. The summed E-state index contributed by atoms with van der Waals surface area (Å²) in [6, 6.07) is 0. The Morgan fingerprint density at radius 1 is 0.938 bits per heavy atom. The maximum Gasteiger partial charge on any atom is -0.0323 e. The first-order chi connectivity index (χ1) is 7.38. The Labute approximate surface area is 104 Å². The van der Waals surface area contributed by atoms with Crippen molar-refractivity contribution in [1.29, 1.82) is 0 Å². The molecule has 0 aliphatic carbocycles. The highest BCUT2D eigenvalue weighted by Crippen LogP contribution is 2.28. The summed E-state index contributed by atoms with van der Waals surface area (Å²) >= 11 is 0. The third-order valence-electron chi connectivity index (χ3n) is 4.36. The maximum atomic E-state index is 3.99. The molecule has 16 heavy (non-hydrogen) atoms. The molecule has 0 spiro atoms. The largest absolute Gasteiger partial charge is 0.100 e. The van der Waals surface area contributed by atoms with Crippen LogP contribution in [0, 0.1) is 23.7 Å². The molecule has 0 heterocycles. The second-order valence-electron chi connectivity index (χ2n) is 6.05. The van der Waals surface area contributed by atoms with Crippen molar-refractivity contribution < 1.29 is 0 Å². The van der Waals surface area contributed by atoms with Gasteiger partial charge in [0.15, 0.2) is 0 Å². The third-order valence-corrected chi connectivity index (χ3v) is 4.36. The molecular weight excluding hydrogens is 192 g/mol. The van der Waals surface area contributed by atoms with Gasteiger partial charge in [-0.1, -0.05) is 46.6 Å². The summed E-state index contributed by atoms with van der Waals surface area (Å²) in [4.78, 5) is 0. The standard InChI is InChI=1S/C16H32/c1-8-13(4)15(6)11-16(7)14(5)10-9-12(2)3/h13-16H,2,8-11H2,1,3-7H3. The average molecular weight is 224 g/mol. The van der Waals surface area contributed by atoms with Gasteiger partial charge in [-0.3, -0.25) is 0 Å². The SMILES string of the molecule is C=C(C)CCC(C)C(C)CC(C)C(C)CC. The van der Waals surface area contributed by atoms with E-state index in [9.17, 15) is 0 Å². The third kappa shape index (κ3) is 6.35. The molecule has 96 valence electrons. The zero-order valence-corrected chi connectivity index (χ0v) is 12.3. The van der Waals surface area contributed by atoms with Gasteiger partial charge in [-0.15, -0.1) is 6.58 Å². The van der Waals surface area contributed by atoms with Gasteiger partial charge in [-0.05, 0) is 49.9 Å². The highest BCUT2D eigenvalue weighted by atomic mass is 14.2. The van der Waals surface area contributed by atoms with E-state index in [1.807, 2.05) is 0 Å². The molecule has 0 fully saturated rings. The molecule has 0 amide bonds. The van der Waals surface area contributed by atoms with Crippen LogP contribution >= 0.6 is 0 Å². The van der Waals surface area contributed by atoms with Crippen molar-refractivity contribution in [3.8, 4) is 0 Å². The summed E-state index contributed by atoms with van der Waals surface area (Å²) in [5, 5.41) is 0. The van der Waals surface area contributed by atoms with Gasteiger partial charge in [0.05, 0.1) is 0 Å². The molecule has 0 aromatic rings. The van der Waals surface area contributed by atoms with Gasteiger partial charge in [0, 0.05) is 0 Å². The first-order valence-corrected chi connectivity index (χ1v) is 7.02. The fraction of sp³-hybridized carbons (Fsp3) is 0.875. The zero-order valence-electron chi connectivity index (χ0n) is 12.3. The van der Waals surface area contributed by atoms with Crippen LogP contribution in [0.25, 0.3) is 0 Å². The smallest absolute Gasteiger partial charge is 0.0323 e. The van der Waals surface area contributed by atoms with E-state index in [2.05, 4.69) is 48.1 Å². The molecule has 0 N–H and O–H groups in total.